The number of hydrogen-bond donors (Lipinski definition) is 2. The van der Waals surface area contributed by atoms with E-state index in [0.29, 0.717) is 0 Å². The summed E-state index contributed by atoms with van der Waals surface area (Å²) in [7, 11) is 0. The molecule has 2 heteroatoms. The summed E-state index contributed by atoms with van der Waals surface area (Å²) in [5.74, 6) is 0. The third-order valence-corrected chi connectivity index (χ3v) is 3.63. The van der Waals surface area contributed by atoms with Crippen LogP contribution in [0.2, 0.25) is 0 Å². The Morgan fingerprint density at radius 3 is 1.95 bits per heavy atom. The van der Waals surface area contributed by atoms with E-state index in [9.17, 15) is 0 Å². The van der Waals surface area contributed by atoms with Crippen LogP contribution in [0.25, 0.3) is 0 Å². The molecule has 0 unspecified atom stereocenters. The highest BCUT2D eigenvalue weighted by Gasteiger charge is 2.09. The Bertz CT molecular complexity index is 495. The smallest absolute Gasteiger partial charge is 0.0181 e. The highest BCUT2D eigenvalue weighted by atomic mass is 32.1. The molecule has 0 aliphatic heterocycles. The molecule has 102 valence electrons. The molecule has 0 bridgehead atoms. The lowest BCUT2D eigenvalue weighted by molar-refractivity contribution is 0.933. The van der Waals surface area contributed by atoms with E-state index in [0.717, 1.165) is 40.2 Å². The lowest BCUT2D eigenvalue weighted by atomic mass is 9.90. The average molecular weight is 290 g/mol. The molecule has 0 saturated carbocycles. The van der Waals surface area contributed by atoms with Gasteiger partial charge in [0.25, 0.3) is 0 Å². The molecule has 0 heterocycles. The topological polar surface area (TPSA) is 0 Å². The standard InChI is InChI=1S/C17H22S2/c1-5-17(19)11-13(3)16-8-6-15(7-9-16)12(2)10-14(4)18/h6,8,10-11,18-19H,2-3,5,7,9H2,1,4H3/b14-10+,17-11+. The summed E-state index contributed by atoms with van der Waals surface area (Å²) >= 11 is 8.69. The number of allylic oxidation sites excluding steroid dienone is 10. The maximum absolute atomic E-state index is 4.40. The van der Waals surface area contributed by atoms with Crippen molar-refractivity contribution >= 4 is 25.3 Å². The number of thiol groups is 2. The third-order valence-electron chi connectivity index (χ3n) is 3.06. The van der Waals surface area contributed by atoms with Crippen molar-refractivity contribution in [1.29, 1.82) is 0 Å². The van der Waals surface area contributed by atoms with E-state index in [-0.39, 0.29) is 0 Å². The van der Waals surface area contributed by atoms with Gasteiger partial charge in [0.15, 0.2) is 0 Å². The van der Waals surface area contributed by atoms with E-state index >= 15 is 0 Å². The zero-order chi connectivity index (χ0) is 14.4. The van der Waals surface area contributed by atoms with E-state index in [1.54, 1.807) is 0 Å². The summed E-state index contributed by atoms with van der Waals surface area (Å²) in [6, 6.07) is 0. The molecule has 0 aromatic carbocycles. The molecule has 0 aromatic rings. The highest BCUT2D eigenvalue weighted by Crippen LogP contribution is 2.29. The molecule has 0 nitrogen and oxygen atoms in total. The Labute approximate surface area is 128 Å². The summed E-state index contributed by atoms with van der Waals surface area (Å²) < 4.78 is 0. The molecule has 0 spiro atoms. The van der Waals surface area contributed by atoms with Gasteiger partial charge in [0.2, 0.25) is 0 Å². The molecule has 1 aliphatic carbocycles. The van der Waals surface area contributed by atoms with Crippen LogP contribution < -0.4 is 0 Å². The monoisotopic (exact) mass is 290 g/mol. The van der Waals surface area contributed by atoms with Crippen LogP contribution in [0, 0.1) is 0 Å². The Kier molecular flexibility index (Phi) is 6.53. The van der Waals surface area contributed by atoms with Crippen molar-refractivity contribution in [3.63, 3.8) is 0 Å². The first-order valence-corrected chi connectivity index (χ1v) is 7.38. The fourth-order valence-electron chi connectivity index (χ4n) is 1.91. The second-order valence-electron chi connectivity index (χ2n) is 4.71. The zero-order valence-corrected chi connectivity index (χ0v) is 13.5. The van der Waals surface area contributed by atoms with Crippen LogP contribution in [-0.2, 0) is 0 Å². The molecular formula is C17H22S2. The Hall–Kier alpha value is -0.860. The molecule has 1 rings (SSSR count). The average Bonchev–Trinajstić information content (AvgIpc) is 2.37. The highest BCUT2D eigenvalue weighted by molar-refractivity contribution is 7.84. The Balaban J connectivity index is 2.82. The minimum atomic E-state index is 0.944. The van der Waals surface area contributed by atoms with Crippen LogP contribution in [0.1, 0.15) is 33.1 Å². The van der Waals surface area contributed by atoms with Crippen LogP contribution in [-0.4, -0.2) is 0 Å². The molecule has 0 atom stereocenters. The van der Waals surface area contributed by atoms with Gasteiger partial charge >= 0.3 is 0 Å². The summed E-state index contributed by atoms with van der Waals surface area (Å²) in [6.07, 6.45) is 11.3. The van der Waals surface area contributed by atoms with Crippen molar-refractivity contribution < 1.29 is 0 Å². The summed E-state index contributed by atoms with van der Waals surface area (Å²) in [4.78, 5) is 2.05. The van der Waals surface area contributed by atoms with Crippen molar-refractivity contribution in [2.75, 3.05) is 0 Å². The molecule has 0 amide bonds. The maximum atomic E-state index is 4.40. The minimum Gasteiger partial charge on any atom is -0.148 e. The first-order valence-electron chi connectivity index (χ1n) is 6.49. The largest absolute Gasteiger partial charge is 0.148 e. The van der Waals surface area contributed by atoms with Crippen LogP contribution in [0.3, 0.4) is 0 Å². The lowest BCUT2D eigenvalue weighted by Crippen LogP contribution is -1.96. The molecule has 0 radical (unpaired) electrons. The number of hydrogen-bond acceptors (Lipinski definition) is 2. The lowest BCUT2D eigenvalue weighted by Gasteiger charge is -2.16. The van der Waals surface area contributed by atoms with Crippen molar-refractivity contribution in [2.45, 2.75) is 33.1 Å². The van der Waals surface area contributed by atoms with Crippen molar-refractivity contribution in [3.05, 3.63) is 69.6 Å². The molecule has 0 N–H and O–H groups in total. The van der Waals surface area contributed by atoms with Crippen molar-refractivity contribution in [1.82, 2.24) is 0 Å². The van der Waals surface area contributed by atoms with Crippen LogP contribution >= 0.6 is 25.3 Å². The molecule has 0 saturated heterocycles. The van der Waals surface area contributed by atoms with Gasteiger partial charge in [0.05, 0.1) is 0 Å². The van der Waals surface area contributed by atoms with Gasteiger partial charge in [-0.2, -0.15) is 0 Å². The minimum absolute atomic E-state index is 0.944. The Morgan fingerprint density at radius 1 is 1.11 bits per heavy atom. The first kappa shape index (κ1) is 16.2. The van der Waals surface area contributed by atoms with E-state index in [1.165, 1.54) is 11.1 Å². The summed E-state index contributed by atoms with van der Waals surface area (Å²) in [5, 5.41) is 0. The second kappa shape index (κ2) is 7.66. The van der Waals surface area contributed by atoms with Gasteiger partial charge in [-0.05, 0) is 70.4 Å². The number of rotatable bonds is 5. The van der Waals surface area contributed by atoms with Gasteiger partial charge in [-0.3, -0.25) is 0 Å². The quantitative estimate of drug-likeness (QED) is 0.464. The predicted molar refractivity (Wildman–Crippen MR) is 93.8 cm³/mol. The van der Waals surface area contributed by atoms with Gasteiger partial charge in [-0.15, -0.1) is 25.3 Å². The summed E-state index contributed by atoms with van der Waals surface area (Å²) in [6.45, 7) is 12.3. The molecule has 19 heavy (non-hydrogen) atoms. The fraction of sp³-hybridized carbons (Fsp3) is 0.294. The third kappa shape index (κ3) is 5.33. The van der Waals surface area contributed by atoms with Crippen molar-refractivity contribution in [3.8, 4) is 0 Å². The second-order valence-corrected chi connectivity index (χ2v) is 5.99. The van der Waals surface area contributed by atoms with Gasteiger partial charge in [0.1, 0.15) is 0 Å². The van der Waals surface area contributed by atoms with E-state index in [2.05, 4.69) is 63.6 Å². The SMILES string of the molecule is C=C(/C=C(\C)S)C1=CC=C(C(=C)/C=C(/S)CC)CC1. The Morgan fingerprint density at radius 2 is 1.58 bits per heavy atom. The molecule has 1 aliphatic rings. The van der Waals surface area contributed by atoms with Crippen molar-refractivity contribution in [2.24, 2.45) is 0 Å². The van der Waals surface area contributed by atoms with Crippen LogP contribution in [0.4, 0.5) is 0 Å². The molecular weight excluding hydrogens is 268 g/mol. The normalized spacial score (nSPS) is 16.8. The van der Waals surface area contributed by atoms with Crippen LogP contribution in [0.5, 0.6) is 0 Å². The first-order chi connectivity index (χ1) is 8.93. The predicted octanol–water partition coefficient (Wildman–Crippen LogP) is 5.80. The van der Waals surface area contributed by atoms with Crippen LogP contribution in [0.15, 0.2) is 69.6 Å². The van der Waals surface area contributed by atoms with E-state index in [1.807, 2.05) is 13.0 Å². The zero-order valence-electron chi connectivity index (χ0n) is 11.7. The van der Waals surface area contributed by atoms with Gasteiger partial charge in [-0.1, -0.05) is 32.2 Å². The van der Waals surface area contributed by atoms with E-state index in [4.69, 9.17) is 0 Å². The molecule has 0 fully saturated rings. The van der Waals surface area contributed by atoms with E-state index < -0.39 is 0 Å². The van der Waals surface area contributed by atoms with Gasteiger partial charge in [0, 0.05) is 0 Å². The maximum Gasteiger partial charge on any atom is -0.0181 e. The van der Waals surface area contributed by atoms with Gasteiger partial charge in [-0.25, -0.2) is 0 Å². The summed E-state index contributed by atoms with van der Waals surface area (Å²) in [5.41, 5.74) is 4.67. The fourth-order valence-corrected chi connectivity index (χ4v) is 2.22. The molecule has 0 aromatic heterocycles. The van der Waals surface area contributed by atoms with Gasteiger partial charge < -0.3 is 0 Å².